The number of carbonyl (C=O) groups excluding carboxylic acids is 1. The second-order valence-electron chi connectivity index (χ2n) is 7.75. The highest BCUT2D eigenvalue weighted by atomic mass is 35.5. The van der Waals surface area contributed by atoms with Crippen molar-refractivity contribution < 1.29 is 19.1 Å². The summed E-state index contributed by atoms with van der Waals surface area (Å²) in [4.78, 5) is 32.7. The maximum Gasteiger partial charge on any atom is 0.303 e. The van der Waals surface area contributed by atoms with Gasteiger partial charge >= 0.3 is 5.97 Å². The summed E-state index contributed by atoms with van der Waals surface area (Å²) in [5.74, 6) is -1.48. The zero-order valence-electron chi connectivity index (χ0n) is 19.0. The van der Waals surface area contributed by atoms with E-state index in [9.17, 15) is 14.0 Å². The average Bonchev–Trinajstić information content (AvgIpc) is 2.85. The minimum Gasteiger partial charge on any atom is -0.481 e. The van der Waals surface area contributed by atoms with Crippen LogP contribution in [0.4, 0.5) is 4.39 Å². The number of nitrogens with one attached hydrogen (secondary N) is 1. The molecule has 0 aliphatic heterocycles. The molecule has 35 heavy (non-hydrogen) atoms. The molecular formula is C27H25ClFN3O3. The molecule has 0 fully saturated rings. The molecule has 0 bridgehead atoms. The summed E-state index contributed by atoms with van der Waals surface area (Å²) in [6, 6.07) is 18.0. The molecule has 6 nitrogen and oxygen atoms in total. The smallest absolute Gasteiger partial charge is 0.303 e. The van der Waals surface area contributed by atoms with Crippen molar-refractivity contribution in [2.75, 3.05) is 0 Å². The molecule has 1 heterocycles. The van der Waals surface area contributed by atoms with Gasteiger partial charge < -0.3 is 10.4 Å². The first-order chi connectivity index (χ1) is 16.9. The number of benzene rings is 2. The van der Waals surface area contributed by atoms with Gasteiger partial charge in [-0.2, -0.15) is 0 Å². The number of carboxylic acids is 1. The number of amides is 1. The Morgan fingerprint density at radius 3 is 2.37 bits per heavy atom. The Bertz CT molecular complexity index is 1220. The van der Waals surface area contributed by atoms with Crippen LogP contribution < -0.4 is 5.32 Å². The van der Waals surface area contributed by atoms with Crippen LogP contribution in [0.25, 0.3) is 11.3 Å². The van der Waals surface area contributed by atoms with Gasteiger partial charge in [0, 0.05) is 41.5 Å². The minimum absolute atomic E-state index is 0.0809. The Hall–Kier alpha value is -3.84. The van der Waals surface area contributed by atoms with Gasteiger partial charge in [-0.15, -0.1) is 0 Å². The van der Waals surface area contributed by atoms with Crippen molar-refractivity contribution in [2.45, 2.75) is 32.2 Å². The molecule has 0 spiro atoms. The van der Waals surface area contributed by atoms with Gasteiger partial charge in [-0.3, -0.25) is 19.6 Å². The largest absolute Gasteiger partial charge is 0.481 e. The van der Waals surface area contributed by atoms with E-state index in [-0.39, 0.29) is 24.7 Å². The second kappa shape index (κ2) is 13.2. The van der Waals surface area contributed by atoms with E-state index in [1.807, 2.05) is 12.1 Å². The van der Waals surface area contributed by atoms with Gasteiger partial charge in [0.25, 0.3) is 5.91 Å². The fourth-order valence-electron chi connectivity index (χ4n) is 3.30. The van der Waals surface area contributed by atoms with Crippen molar-refractivity contribution in [3.63, 3.8) is 0 Å². The number of aliphatic carboxylic acids is 1. The van der Waals surface area contributed by atoms with Crippen molar-refractivity contribution in [1.29, 1.82) is 0 Å². The van der Waals surface area contributed by atoms with Crippen molar-refractivity contribution in [1.82, 2.24) is 15.3 Å². The lowest BCUT2D eigenvalue weighted by molar-refractivity contribution is -0.137. The van der Waals surface area contributed by atoms with Gasteiger partial charge in [0.05, 0.1) is 11.4 Å². The third-order valence-corrected chi connectivity index (χ3v) is 5.38. The van der Waals surface area contributed by atoms with Crippen LogP contribution in [-0.4, -0.2) is 27.0 Å². The number of carbonyl (C=O) groups is 2. The number of aryl methyl sites for hydroxylation is 1. The molecule has 1 aromatic heterocycles. The minimum atomic E-state index is -0.839. The first-order valence-electron chi connectivity index (χ1n) is 11.1. The molecule has 0 aliphatic rings. The standard InChI is InChI=1S/C27H25ClFN3O3/c28-22-11-9-20(10-12-22)26-24(5-1-2-6-25(33)34)30-17-15-21(4-3-16-31-26)27(35)32-18-19-7-13-23(29)14-8-19/h3-4,7-17H,1-2,5-6,18H2,(H,32,35)(H,33,34). The number of halogens is 2. The highest BCUT2D eigenvalue weighted by molar-refractivity contribution is 6.30. The maximum atomic E-state index is 13.1. The third kappa shape index (κ3) is 8.46. The molecule has 180 valence electrons. The Kier molecular flexibility index (Phi) is 9.69. The molecule has 0 unspecified atom stereocenters. The van der Waals surface area contributed by atoms with Crippen LogP contribution in [-0.2, 0) is 17.8 Å². The molecule has 0 saturated carbocycles. The van der Waals surface area contributed by atoms with E-state index in [0.29, 0.717) is 41.2 Å². The first kappa shape index (κ1) is 25.8. The molecule has 3 aromatic rings. The highest BCUT2D eigenvalue weighted by Crippen LogP contribution is 2.22. The number of aromatic nitrogens is 2. The molecule has 2 N–H and O–H groups in total. The van der Waals surface area contributed by atoms with Gasteiger partial charge in [0.2, 0.25) is 0 Å². The predicted octanol–water partition coefficient (Wildman–Crippen LogP) is 5.79. The number of hydrogen-bond acceptors (Lipinski definition) is 4. The number of rotatable bonds is 9. The monoisotopic (exact) mass is 493 g/mol. The first-order valence-corrected chi connectivity index (χ1v) is 11.5. The molecule has 3 rings (SSSR count). The summed E-state index contributed by atoms with van der Waals surface area (Å²) in [7, 11) is 0. The van der Waals surface area contributed by atoms with E-state index in [2.05, 4.69) is 15.3 Å². The van der Waals surface area contributed by atoms with Crippen LogP contribution in [0.15, 0.2) is 79.1 Å². The second-order valence-corrected chi connectivity index (χ2v) is 8.19. The summed E-state index contributed by atoms with van der Waals surface area (Å²) in [6.07, 6.45) is 4.86. The maximum absolute atomic E-state index is 13.1. The number of hydrogen-bond donors (Lipinski definition) is 2. The van der Waals surface area contributed by atoms with Gasteiger partial charge in [-0.1, -0.05) is 35.9 Å². The summed E-state index contributed by atoms with van der Waals surface area (Å²) in [5, 5.41) is 12.3. The summed E-state index contributed by atoms with van der Waals surface area (Å²) >= 11 is 6.03. The Morgan fingerprint density at radius 2 is 1.66 bits per heavy atom. The molecule has 2 aromatic carbocycles. The molecule has 1 amide bonds. The molecule has 0 saturated heterocycles. The normalized spacial score (nSPS) is 10.3. The SMILES string of the molecule is O=C(O)CCCCc1nccc(C(=O)NCc2ccc(F)cc2)cccnc1-c1ccc(Cl)cc1. The lowest BCUT2D eigenvalue weighted by Crippen LogP contribution is -2.22. The van der Waals surface area contributed by atoms with Crippen LogP contribution in [0.1, 0.15) is 40.9 Å². The van der Waals surface area contributed by atoms with Gasteiger partial charge in [-0.25, -0.2) is 4.39 Å². The molecule has 0 atom stereocenters. The van der Waals surface area contributed by atoms with E-state index >= 15 is 0 Å². The predicted molar refractivity (Wildman–Crippen MR) is 133 cm³/mol. The highest BCUT2D eigenvalue weighted by Gasteiger charge is 2.08. The zero-order valence-corrected chi connectivity index (χ0v) is 19.7. The summed E-state index contributed by atoms with van der Waals surface area (Å²) in [6.45, 7) is 0.255. The van der Waals surface area contributed by atoms with E-state index in [0.717, 1.165) is 11.1 Å². The molecule has 8 heteroatoms. The third-order valence-electron chi connectivity index (χ3n) is 5.12. The quantitative estimate of drug-likeness (QED) is 0.368. The fourth-order valence-corrected chi connectivity index (χ4v) is 3.43. The van der Waals surface area contributed by atoms with Crippen LogP contribution >= 0.6 is 11.6 Å². The number of nitrogens with zero attached hydrogens (tertiary/aromatic N) is 2. The van der Waals surface area contributed by atoms with Gasteiger partial charge in [0.1, 0.15) is 5.82 Å². The summed E-state index contributed by atoms with van der Waals surface area (Å²) < 4.78 is 13.1. The Balaban J connectivity index is 1.87. The van der Waals surface area contributed by atoms with Crippen LogP contribution in [0.3, 0.4) is 0 Å². The van der Waals surface area contributed by atoms with E-state index in [1.165, 1.54) is 12.1 Å². The Labute approximate surface area is 208 Å². The zero-order chi connectivity index (χ0) is 25.0. The number of carboxylic acid groups (broad SMARTS) is 1. The fraction of sp³-hybridized carbons (Fsp3) is 0.185. The topological polar surface area (TPSA) is 92.2 Å². The van der Waals surface area contributed by atoms with Crippen LogP contribution in [0, 0.1) is 5.82 Å². The van der Waals surface area contributed by atoms with Crippen LogP contribution in [0.2, 0.25) is 5.02 Å². The van der Waals surface area contributed by atoms with Crippen molar-refractivity contribution in [3.8, 4) is 11.3 Å². The van der Waals surface area contributed by atoms with Gasteiger partial charge in [0.15, 0.2) is 0 Å². The van der Waals surface area contributed by atoms with E-state index in [4.69, 9.17) is 16.7 Å². The van der Waals surface area contributed by atoms with E-state index in [1.54, 1.807) is 54.9 Å². The molecule has 0 radical (unpaired) electrons. The van der Waals surface area contributed by atoms with Gasteiger partial charge in [-0.05, 0) is 67.3 Å². The lowest BCUT2D eigenvalue weighted by Gasteiger charge is -2.07. The number of unbranched alkanes of at least 4 members (excludes halogenated alkanes) is 1. The molecule has 0 aliphatic carbocycles. The van der Waals surface area contributed by atoms with Crippen molar-refractivity contribution in [3.05, 3.63) is 107 Å². The van der Waals surface area contributed by atoms with E-state index < -0.39 is 5.97 Å². The summed E-state index contributed by atoms with van der Waals surface area (Å²) in [5.41, 5.74) is 3.30. The average molecular weight is 494 g/mol. The van der Waals surface area contributed by atoms with Crippen LogP contribution in [0.5, 0.6) is 0 Å². The van der Waals surface area contributed by atoms with Crippen molar-refractivity contribution in [2.24, 2.45) is 0 Å². The lowest BCUT2D eigenvalue weighted by atomic mass is 10.1. The molecular weight excluding hydrogens is 469 g/mol. The van der Waals surface area contributed by atoms with Crippen molar-refractivity contribution >= 4 is 23.5 Å². The Morgan fingerprint density at radius 1 is 0.914 bits per heavy atom.